The maximum Gasteiger partial charge on any atom is 0.162 e. The Morgan fingerprint density at radius 1 is 1.33 bits per heavy atom. The van der Waals surface area contributed by atoms with Crippen LogP contribution >= 0.6 is 15.9 Å². The fourth-order valence-corrected chi connectivity index (χ4v) is 1.35. The number of benzene rings is 1. The maximum atomic E-state index is 11.3. The molecule has 0 aliphatic carbocycles. The molecule has 0 fully saturated rings. The van der Waals surface area contributed by atoms with E-state index in [4.69, 9.17) is 0 Å². The maximum absolute atomic E-state index is 11.3. The van der Waals surface area contributed by atoms with Crippen LogP contribution in [0, 0.1) is 11.8 Å². The second-order valence-corrected chi connectivity index (χ2v) is 3.89. The lowest BCUT2D eigenvalue weighted by molar-refractivity contribution is 0.0988. The van der Waals surface area contributed by atoms with E-state index in [1.807, 2.05) is 31.2 Å². The number of carbonyl (C=O) groups excluding carboxylic acids is 1. The van der Waals surface area contributed by atoms with E-state index >= 15 is 0 Å². The highest BCUT2D eigenvalue weighted by Gasteiger charge is 2.00. The van der Waals surface area contributed by atoms with Gasteiger partial charge in [-0.3, -0.25) is 4.79 Å². The van der Waals surface area contributed by atoms with E-state index in [0.717, 1.165) is 22.9 Å². The van der Waals surface area contributed by atoms with Gasteiger partial charge >= 0.3 is 0 Å². The lowest BCUT2D eigenvalue weighted by atomic mass is 10.1. The fourth-order valence-electron chi connectivity index (χ4n) is 1.16. The molecule has 0 saturated heterocycles. The number of carbonyl (C=O) groups is 1. The second kappa shape index (κ2) is 6.42. The number of Topliss-reactive ketones (excluding diaryl/α,β-unsaturated/α-hetero) is 1. The lowest BCUT2D eigenvalue weighted by Gasteiger charge is -1.96. The van der Waals surface area contributed by atoms with Gasteiger partial charge in [0.25, 0.3) is 0 Å². The van der Waals surface area contributed by atoms with Gasteiger partial charge in [-0.2, -0.15) is 0 Å². The largest absolute Gasteiger partial charge is 0.294 e. The molecule has 0 saturated carbocycles. The number of halogens is 1. The van der Waals surface area contributed by atoms with Gasteiger partial charge in [0.1, 0.15) is 0 Å². The van der Waals surface area contributed by atoms with Crippen molar-refractivity contribution in [3.63, 3.8) is 0 Å². The molecule has 1 rings (SSSR count). The third-order valence-electron chi connectivity index (χ3n) is 1.98. The summed E-state index contributed by atoms with van der Waals surface area (Å²) in [6.07, 6.45) is 1.39. The summed E-state index contributed by atoms with van der Waals surface area (Å²) < 4.78 is 0. The summed E-state index contributed by atoms with van der Waals surface area (Å²) in [4.78, 5) is 11.3. The van der Waals surface area contributed by atoms with Crippen LogP contribution in [0.4, 0.5) is 0 Å². The van der Waals surface area contributed by atoms with Crippen LogP contribution in [0.15, 0.2) is 24.3 Å². The molecule has 0 spiro atoms. The monoisotopic (exact) mass is 264 g/mol. The number of rotatable bonds is 3. The zero-order valence-electron chi connectivity index (χ0n) is 8.72. The summed E-state index contributed by atoms with van der Waals surface area (Å²) in [5.41, 5.74) is 1.73. The molecule has 0 radical (unpaired) electrons. The van der Waals surface area contributed by atoms with Crippen molar-refractivity contribution < 1.29 is 4.79 Å². The van der Waals surface area contributed by atoms with E-state index in [0.29, 0.717) is 6.42 Å². The Labute approximate surface area is 99.0 Å². The Morgan fingerprint density at radius 3 is 2.53 bits per heavy atom. The fraction of sp³-hybridized carbons (Fsp3) is 0.308. The molecule has 0 aromatic heterocycles. The molecule has 0 aliphatic heterocycles. The predicted octanol–water partition coefficient (Wildman–Crippen LogP) is 3.42. The second-order valence-electron chi connectivity index (χ2n) is 3.09. The number of hydrogen-bond donors (Lipinski definition) is 0. The SMILES string of the molecule is CCC(=O)c1ccc(C#CCCBr)cc1. The molecular weight excluding hydrogens is 252 g/mol. The van der Waals surface area contributed by atoms with Gasteiger partial charge in [0.05, 0.1) is 0 Å². The normalized spacial score (nSPS) is 9.20. The highest BCUT2D eigenvalue weighted by Crippen LogP contribution is 2.05. The Balaban J connectivity index is 2.73. The molecular formula is C13H13BrO. The van der Waals surface area contributed by atoms with Crippen LogP contribution in [0.3, 0.4) is 0 Å². The van der Waals surface area contributed by atoms with Crippen molar-refractivity contribution >= 4 is 21.7 Å². The Bertz CT molecular complexity index is 381. The molecule has 0 N–H and O–H groups in total. The van der Waals surface area contributed by atoms with Gasteiger partial charge in [0.15, 0.2) is 5.78 Å². The van der Waals surface area contributed by atoms with Gasteiger partial charge in [0.2, 0.25) is 0 Å². The van der Waals surface area contributed by atoms with Crippen LogP contribution in [0.25, 0.3) is 0 Å². The summed E-state index contributed by atoms with van der Waals surface area (Å²) in [5, 5.41) is 0.895. The van der Waals surface area contributed by atoms with E-state index in [-0.39, 0.29) is 5.78 Å². The van der Waals surface area contributed by atoms with Crippen LogP contribution in [0.5, 0.6) is 0 Å². The van der Waals surface area contributed by atoms with Crippen molar-refractivity contribution in [2.24, 2.45) is 0 Å². The van der Waals surface area contributed by atoms with E-state index in [2.05, 4.69) is 27.8 Å². The summed E-state index contributed by atoms with van der Waals surface area (Å²) in [6.45, 7) is 1.87. The van der Waals surface area contributed by atoms with Crippen molar-refractivity contribution in [2.45, 2.75) is 19.8 Å². The summed E-state index contributed by atoms with van der Waals surface area (Å²) >= 11 is 3.32. The number of ketones is 1. The molecule has 0 amide bonds. The third-order valence-corrected chi connectivity index (χ3v) is 2.38. The highest BCUT2D eigenvalue weighted by atomic mass is 79.9. The zero-order valence-corrected chi connectivity index (χ0v) is 10.3. The van der Waals surface area contributed by atoms with Gasteiger partial charge in [-0.15, -0.1) is 0 Å². The summed E-state index contributed by atoms with van der Waals surface area (Å²) in [7, 11) is 0. The van der Waals surface area contributed by atoms with Gasteiger partial charge in [-0.05, 0) is 12.1 Å². The molecule has 1 aromatic rings. The average molecular weight is 265 g/mol. The highest BCUT2D eigenvalue weighted by molar-refractivity contribution is 9.09. The molecule has 15 heavy (non-hydrogen) atoms. The molecule has 78 valence electrons. The number of hydrogen-bond acceptors (Lipinski definition) is 1. The van der Waals surface area contributed by atoms with Crippen molar-refractivity contribution in [1.82, 2.24) is 0 Å². The molecule has 0 unspecified atom stereocenters. The molecule has 1 nitrogen and oxygen atoms in total. The molecule has 0 bridgehead atoms. The minimum Gasteiger partial charge on any atom is -0.294 e. The first-order chi connectivity index (χ1) is 7.27. The third kappa shape index (κ3) is 3.89. The zero-order chi connectivity index (χ0) is 11.1. The van der Waals surface area contributed by atoms with Crippen molar-refractivity contribution in [2.75, 3.05) is 5.33 Å². The first kappa shape index (κ1) is 12.0. The first-order valence-corrected chi connectivity index (χ1v) is 6.08. The Kier molecular flexibility index (Phi) is 5.14. The minimum atomic E-state index is 0.176. The van der Waals surface area contributed by atoms with Gasteiger partial charge in [-0.25, -0.2) is 0 Å². The van der Waals surface area contributed by atoms with Crippen molar-refractivity contribution in [3.8, 4) is 11.8 Å². The van der Waals surface area contributed by atoms with Crippen molar-refractivity contribution in [3.05, 3.63) is 35.4 Å². The minimum absolute atomic E-state index is 0.176. The smallest absolute Gasteiger partial charge is 0.162 e. The Morgan fingerprint density at radius 2 is 2.00 bits per heavy atom. The first-order valence-electron chi connectivity index (χ1n) is 4.96. The van der Waals surface area contributed by atoms with E-state index < -0.39 is 0 Å². The standard InChI is InChI=1S/C13H13BrO/c1-2-13(15)12-8-6-11(7-9-12)5-3-4-10-14/h6-9H,2,4,10H2,1H3. The van der Waals surface area contributed by atoms with Gasteiger partial charge in [-0.1, -0.05) is 46.8 Å². The number of alkyl halides is 1. The van der Waals surface area contributed by atoms with Gasteiger partial charge < -0.3 is 0 Å². The topological polar surface area (TPSA) is 17.1 Å². The van der Waals surface area contributed by atoms with E-state index in [1.54, 1.807) is 0 Å². The van der Waals surface area contributed by atoms with E-state index in [9.17, 15) is 4.79 Å². The van der Waals surface area contributed by atoms with Crippen molar-refractivity contribution in [1.29, 1.82) is 0 Å². The predicted molar refractivity (Wildman–Crippen MR) is 66.4 cm³/mol. The quantitative estimate of drug-likeness (QED) is 0.465. The lowest BCUT2D eigenvalue weighted by Crippen LogP contribution is -1.95. The van der Waals surface area contributed by atoms with Crippen LogP contribution in [-0.2, 0) is 0 Å². The average Bonchev–Trinajstić information content (AvgIpc) is 2.29. The van der Waals surface area contributed by atoms with Crippen LogP contribution < -0.4 is 0 Å². The van der Waals surface area contributed by atoms with Crippen LogP contribution in [-0.4, -0.2) is 11.1 Å². The van der Waals surface area contributed by atoms with Crippen LogP contribution in [0.1, 0.15) is 35.7 Å². The summed E-state index contributed by atoms with van der Waals surface area (Å²) in [5.74, 6) is 6.25. The molecule has 2 heteroatoms. The van der Waals surface area contributed by atoms with Crippen LogP contribution in [0.2, 0.25) is 0 Å². The molecule has 0 aliphatic rings. The molecule has 1 aromatic carbocycles. The molecule has 0 atom stereocenters. The molecule has 0 heterocycles. The Hall–Kier alpha value is -1.07. The summed E-state index contributed by atoms with van der Waals surface area (Å²) in [6, 6.07) is 7.46. The van der Waals surface area contributed by atoms with E-state index in [1.165, 1.54) is 0 Å². The van der Waals surface area contributed by atoms with Gasteiger partial charge in [0, 0.05) is 29.3 Å².